The molecule has 0 radical (unpaired) electrons. The zero-order chi connectivity index (χ0) is 13.7. The molecule has 1 aliphatic heterocycles. The van der Waals surface area contributed by atoms with Gasteiger partial charge >= 0.3 is 0 Å². The van der Waals surface area contributed by atoms with Crippen molar-refractivity contribution in [1.82, 2.24) is 0 Å². The largest absolute Gasteiger partial charge is 0.378 e. The van der Waals surface area contributed by atoms with E-state index in [1.54, 1.807) is 0 Å². The predicted octanol–water partition coefficient (Wildman–Crippen LogP) is -0.394. The average Bonchev–Trinajstić information content (AvgIpc) is 2.39. The highest BCUT2D eigenvalue weighted by atomic mass is 16.5. The number of ether oxygens (including phenoxy) is 1. The van der Waals surface area contributed by atoms with Crippen LogP contribution in [0.4, 0.5) is 11.4 Å². The van der Waals surface area contributed by atoms with Crippen LogP contribution in [-0.2, 0) is 9.53 Å². The first kappa shape index (κ1) is 13.8. The van der Waals surface area contributed by atoms with Crippen LogP contribution in [0.1, 0.15) is 0 Å². The van der Waals surface area contributed by atoms with E-state index in [1.807, 2.05) is 38.4 Å². The van der Waals surface area contributed by atoms with Crippen LogP contribution in [0, 0.1) is 0 Å². The Hall–Kier alpha value is -1.59. The lowest BCUT2D eigenvalue weighted by molar-refractivity contribution is -0.849. The Morgan fingerprint density at radius 2 is 1.89 bits per heavy atom. The Labute approximate surface area is 114 Å². The summed E-state index contributed by atoms with van der Waals surface area (Å²) in [5.74, 6) is 0.0409. The van der Waals surface area contributed by atoms with Crippen LogP contribution in [0.5, 0.6) is 0 Å². The SMILES string of the molecule is C[NH+](C)CC(=O)Nc1ccc(N2CCOCC2)cc1. The van der Waals surface area contributed by atoms with Crippen LogP contribution in [0.15, 0.2) is 24.3 Å². The van der Waals surface area contributed by atoms with Crippen molar-refractivity contribution in [3.8, 4) is 0 Å². The van der Waals surface area contributed by atoms with Crippen LogP contribution in [0.2, 0.25) is 0 Å². The lowest BCUT2D eigenvalue weighted by Gasteiger charge is -2.28. The molecule has 1 saturated heterocycles. The minimum atomic E-state index is 0.0409. The molecule has 0 bridgehead atoms. The Morgan fingerprint density at radius 1 is 1.26 bits per heavy atom. The number of likely N-dealkylation sites (N-methyl/N-ethyl adjacent to an activating group) is 1. The zero-order valence-electron chi connectivity index (χ0n) is 11.6. The molecule has 5 heteroatoms. The van der Waals surface area contributed by atoms with Gasteiger partial charge in [-0.2, -0.15) is 0 Å². The summed E-state index contributed by atoms with van der Waals surface area (Å²) in [5, 5.41) is 2.90. The number of morpholine rings is 1. The van der Waals surface area contributed by atoms with E-state index in [2.05, 4.69) is 10.2 Å². The monoisotopic (exact) mass is 264 g/mol. The number of carbonyl (C=O) groups is 1. The van der Waals surface area contributed by atoms with Gasteiger partial charge < -0.3 is 19.9 Å². The van der Waals surface area contributed by atoms with E-state index in [9.17, 15) is 4.79 Å². The lowest BCUT2D eigenvalue weighted by atomic mass is 10.2. The quantitative estimate of drug-likeness (QED) is 0.778. The standard InChI is InChI=1S/C14H21N3O2/c1-16(2)11-14(18)15-12-3-5-13(6-4-12)17-7-9-19-10-8-17/h3-6H,7-11H2,1-2H3,(H,15,18)/p+1. The van der Waals surface area contributed by atoms with Crippen molar-refractivity contribution >= 4 is 17.3 Å². The Balaban J connectivity index is 1.92. The van der Waals surface area contributed by atoms with Gasteiger partial charge in [0, 0.05) is 24.5 Å². The molecular weight excluding hydrogens is 242 g/mol. The van der Waals surface area contributed by atoms with Crippen LogP contribution < -0.4 is 15.1 Å². The average molecular weight is 264 g/mol. The molecule has 0 unspecified atom stereocenters. The summed E-state index contributed by atoms with van der Waals surface area (Å²) in [6.45, 7) is 3.89. The summed E-state index contributed by atoms with van der Waals surface area (Å²) in [4.78, 5) is 15.1. The molecule has 1 heterocycles. The van der Waals surface area contributed by atoms with Gasteiger partial charge in [0.2, 0.25) is 0 Å². The van der Waals surface area contributed by atoms with Crippen molar-refractivity contribution in [2.75, 3.05) is 57.2 Å². The number of amides is 1. The summed E-state index contributed by atoms with van der Waals surface area (Å²) in [6, 6.07) is 7.99. The maximum atomic E-state index is 11.7. The minimum Gasteiger partial charge on any atom is -0.378 e. The Morgan fingerprint density at radius 3 is 2.47 bits per heavy atom. The van der Waals surface area contributed by atoms with Gasteiger partial charge in [0.05, 0.1) is 27.3 Å². The molecule has 1 fully saturated rings. The summed E-state index contributed by atoms with van der Waals surface area (Å²) >= 11 is 0. The van der Waals surface area contributed by atoms with Crippen LogP contribution in [0.25, 0.3) is 0 Å². The highest BCUT2D eigenvalue weighted by molar-refractivity contribution is 5.91. The second-order valence-corrected chi connectivity index (χ2v) is 5.08. The number of quaternary nitrogens is 1. The van der Waals surface area contributed by atoms with Gasteiger partial charge in [-0.3, -0.25) is 4.79 Å². The number of hydrogen-bond acceptors (Lipinski definition) is 3. The summed E-state index contributed by atoms with van der Waals surface area (Å²) in [6.07, 6.45) is 0. The third-order valence-electron chi connectivity index (χ3n) is 3.04. The maximum Gasteiger partial charge on any atom is 0.279 e. The molecule has 0 aromatic heterocycles. The van der Waals surface area contributed by atoms with Crippen molar-refractivity contribution in [3.05, 3.63) is 24.3 Å². The second-order valence-electron chi connectivity index (χ2n) is 5.08. The Bertz CT molecular complexity index is 411. The topological polar surface area (TPSA) is 46.0 Å². The fraction of sp³-hybridized carbons (Fsp3) is 0.500. The number of benzene rings is 1. The third-order valence-corrected chi connectivity index (χ3v) is 3.04. The maximum absolute atomic E-state index is 11.7. The van der Waals surface area contributed by atoms with Crippen LogP contribution in [-0.4, -0.2) is 52.9 Å². The summed E-state index contributed by atoms with van der Waals surface area (Å²) in [7, 11) is 3.92. The fourth-order valence-corrected chi connectivity index (χ4v) is 2.10. The first-order chi connectivity index (χ1) is 9.15. The van der Waals surface area contributed by atoms with Crippen molar-refractivity contribution in [1.29, 1.82) is 0 Å². The van der Waals surface area contributed by atoms with Crippen LogP contribution in [0.3, 0.4) is 0 Å². The van der Waals surface area contributed by atoms with E-state index >= 15 is 0 Å². The van der Waals surface area contributed by atoms with Gasteiger partial charge in [-0.05, 0) is 24.3 Å². The molecule has 0 aliphatic carbocycles. The van der Waals surface area contributed by atoms with Crippen molar-refractivity contribution in [3.63, 3.8) is 0 Å². The van der Waals surface area contributed by atoms with Crippen molar-refractivity contribution in [2.45, 2.75) is 0 Å². The number of nitrogens with zero attached hydrogens (tertiary/aromatic N) is 1. The Kier molecular flexibility index (Phi) is 4.76. The molecule has 104 valence electrons. The van der Waals surface area contributed by atoms with Gasteiger partial charge in [-0.1, -0.05) is 0 Å². The minimum absolute atomic E-state index is 0.0409. The molecule has 0 atom stereocenters. The molecular formula is C14H22N3O2+. The van der Waals surface area contributed by atoms with Gasteiger partial charge in [0.1, 0.15) is 0 Å². The zero-order valence-corrected chi connectivity index (χ0v) is 11.6. The van der Waals surface area contributed by atoms with Crippen molar-refractivity contribution in [2.24, 2.45) is 0 Å². The lowest BCUT2D eigenvalue weighted by Crippen LogP contribution is -3.06. The number of anilines is 2. The molecule has 0 saturated carbocycles. The fourth-order valence-electron chi connectivity index (χ4n) is 2.10. The molecule has 0 spiro atoms. The van der Waals surface area contributed by atoms with Gasteiger partial charge in [0.15, 0.2) is 6.54 Å². The molecule has 5 nitrogen and oxygen atoms in total. The van der Waals surface area contributed by atoms with Crippen molar-refractivity contribution < 1.29 is 14.4 Å². The molecule has 1 aromatic rings. The van der Waals surface area contributed by atoms with E-state index in [-0.39, 0.29) is 5.91 Å². The number of rotatable bonds is 4. The first-order valence-electron chi connectivity index (χ1n) is 6.67. The number of carbonyl (C=O) groups excluding carboxylic acids is 1. The van der Waals surface area contributed by atoms with E-state index < -0.39 is 0 Å². The molecule has 1 aromatic carbocycles. The molecule has 2 N–H and O–H groups in total. The smallest absolute Gasteiger partial charge is 0.279 e. The van der Waals surface area contributed by atoms with E-state index in [0.29, 0.717) is 6.54 Å². The summed E-state index contributed by atoms with van der Waals surface area (Å²) < 4.78 is 5.33. The highest BCUT2D eigenvalue weighted by Crippen LogP contribution is 2.18. The molecule has 1 amide bonds. The molecule has 19 heavy (non-hydrogen) atoms. The third kappa shape index (κ3) is 4.22. The van der Waals surface area contributed by atoms with Crippen LogP contribution >= 0.6 is 0 Å². The normalized spacial score (nSPS) is 15.6. The first-order valence-corrected chi connectivity index (χ1v) is 6.67. The van der Waals surface area contributed by atoms with Gasteiger partial charge in [-0.15, -0.1) is 0 Å². The van der Waals surface area contributed by atoms with E-state index in [1.165, 1.54) is 5.69 Å². The predicted molar refractivity (Wildman–Crippen MR) is 75.8 cm³/mol. The molecule has 2 rings (SSSR count). The van der Waals surface area contributed by atoms with Gasteiger partial charge in [-0.25, -0.2) is 0 Å². The number of nitrogens with one attached hydrogen (secondary N) is 2. The highest BCUT2D eigenvalue weighted by Gasteiger charge is 2.11. The van der Waals surface area contributed by atoms with E-state index in [4.69, 9.17) is 4.74 Å². The van der Waals surface area contributed by atoms with E-state index in [0.717, 1.165) is 36.9 Å². The second kappa shape index (κ2) is 6.54. The number of hydrogen-bond donors (Lipinski definition) is 2. The van der Waals surface area contributed by atoms with Gasteiger partial charge in [0.25, 0.3) is 5.91 Å². The summed E-state index contributed by atoms with van der Waals surface area (Å²) in [5.41, 5.74) is 2.03. The molecule has 1 aliphatic rings.